The Morgan fingerprint density at radius 1 is 1.10 bits per heavy atom. The normalized spacial score (nSPS) is 12.0. The van der Waals surface area contributed by atoms with Crippen molar-refractivity contribution < 1.29 is 0 Å². The maximum Gasteiger partial charge on any atom is 0.174 e. The summed E-state index contributed by atoms with van der Waals surface area (Å²) >= 11 is 0. The Morgan fingerprint density at radius 2 is 1.90 bits per heavy atom. The number of nitrogens with one attached hydrogen (secondary N) is 1. The molecule has 0 atom stereocenters. The van der Waals surface area contributed by atoms with E-state index in [0.29, 0.717) is 12.4 Å². The SMILES string of the molecule is CC(C)(C)NCc1cnc(-n2nnc3ccccc32)cn1. The molecule has 2 heterocycles. The summed E-state index contributed by atoms with van der Waals surface area (Å²) in [6, 6.07) is 7.78. The van der Waals surface area contributed by atoms with Gasteiger partial charge >= 0.3 is 0 Å². The molecule has 1 N–H and O–H groups in total. The van der Waals surface area contributed by atoms with Crippen LogP contribution in [0.3, 0.4) is 0 Å². The van der Waals surface area contributed by atoms with E-state index in [1.807, 2.05) is 24.3 Å². The van der Waals surface area contributed by atoms with Crippen molar-refractivity contribution in [3.8, 4) is 5.82 Å². The van der Waals surface area contributed by atoms with Crippen LogP contribution in [0.5, 0.6) is 0 Å². The van der Waals surface area contributed by atoms with Gasteiger partial charge in [0.2, 0.25) is 0 Å². The van der Waals surface area contributed by atoms with Gasteiger partial charge in [0, 0.05) is 12.1 Å². The van der Waals surface area contributed by atoms with E-state index < -0.39 is 0 Å². The number of hydrogen-bond donors (Lipinski definition) is 1. The van der Waals surface area contributed by atoms with Gasteiger partial charge in [0.1, 0.15) is 5.52 Å². The molecular weight excluding hydrogens is 264 g/mol. The molecule has 0 amide bonds. The fourth-order valence-electron chi connectivity index (χ4n) is 1.94. The highest BCUT2D eigenvalue weighted by molar-refractivity contribution is 5.75. The highest BCUT2D eigenvalue weighted by Gasteiger charge is 2.10. The number of fused-ring (bicyclic) bond motifs is 1. The average Bonchev–Trinajstić information content (AvgIpc) is 2.89. The first kappa shape index (κ1) is 13.6. The first-order chi connectivity index (χ1) is 10.0. The van der Waals surface area contributed by atoms with Gasteiger partial charge in [-0.3, -0.25) is 4.98 Å². The van der Waals surface area contributed by atoms with Crippen molar-refractivity contribution in [3.05, 3.63) is 42.4 Å². The molecule has 21 heavy (non-hydrogen) atoms. The van der Waals surface area contributed by atoms with Crippen LogP contribution in [0.4, 0.5) is 0 Å². The molecule has 0 unspecified atom stereocenters. The summed E-state index contributed by atoms with van der Waals surface area (Å²) in [5.74, 6) is 0.670. The van der Waals surface area contributed by atoms with E-state index in [0.717, 1.165) is 16.7 Å². The molecule has 0 aliphatic carbocycles. The lowest BCUT2D eigenvalue weighted by atomic mass is 10.1. The summed E-state index contributed by atoms with van der Waals surface area (Å²) < 4.78 is 1.70. The summed E-state index contributed by atoms with van der Waals surface area (Å²) in [5.41, 5.74) is 2.73. The van der Waals surface area contributed by atoms with Crippen LogP contribution in [0, 0.1) is 0 Å². The minimum atomic E-state index is 0.0580. The Hall–Kier alpha value is -2.34. The van der Waals surface area contributed by atoms with Gasteiger partial charge in [0.15, 0.2) is 5.82 Å². The molecule has 0 fully saturated rings. The second kappa shape index (κ2) is 5.21. The summed E-state index contributed by atoms with van der Waals surface area (Å²) in [4.78, 5) is 8.86. The Bertz CT molecular complexity index is 739. The molecular formula is C15H18N6. The number of rotatable bonds is 3. The van der Waals surface area contributed by atoms with Gasteiger partial charge in [0.25, 0.3) is 0 Å². The number of para-hydroxylation sites is 1. The van der Waals surface area contributed by atoms with Gasteiger partial charge in [-0.2, -0.15) is 4.68 Å². The zero-order valence-electron chi connectivity index (χ0n) is 12.4. The van der Waals surface area contributed by atoms with E-state index in [4.69, 9.17) is 0 Å². The first-order valence-corrected chi connectivity index (χ1v) is 6.90. The average molecular weight is 282 g/mol. The lowest BCUT2D eigenvalue weighted by Gasteiger charge is -2.19. The van der Waals surface area contributed by atoms with E-state index in [2.05, 4.69) is 46.4 Å². The fourth-order valence-corrected chi connectivity index (χ4v) is 1.94. The number of benzene rings is 1. The minimum absolute atomic E-state index is 0.0580. The van der Waals surface area contributed by atoms with E-state index >= 15 is 0 Å². The van der Waals surface area contributed by atoms with Gasteiger partial charge in [0.05, 0.1) is 23.6 Å². The van der Waals surface area contributed by atoms with Crippen molar-refractivity contribution in [3.63, 3.8) is 0 Å². The maximum atomic E-state index is 4.43. The number of hydrogen-bond acceptors (Lipinski definition) is 5. The predicted molar refractivity (Wildman–Crippen MR) is 81.0 cm³/mol. The van der Waals surface area contributed by atoms with Crippen molar-refractivity contribution in [2.75, 3.05) is 0 Å². The Kier molecular flexibility index (Phi) is 3.39. The monoisotopic (exact) mass is 282 g/mol. The highest BCUT2D eigenvalue weighted by Crippen LogP contribution is 2.13. The van der Waals surface area contributed by atoms with E-state index in [-0.39, 0.29) is 5.54 Å². The highest BCUT2D eigenvalue weighted by atomic mass is 15.4. The molecule has 0 bridgehead atoms. The molecule has 3 aromatic rings. The third-order valence-electron chi connectivity index (χ3n) is 3.06. The van der Waals surface area contributed by atoms with Crippen molar-refractivity contribution in [1.29, 1.82) is 0 Å². The lowest BCUT2D eigenvalue weighted by molar-refractivity contribution is 0.421. The first-order valence-electron chi connectivity index (χ1n) is 6.90. The van der Waals surface area contributed by atoms with Gasteiger partial charge in [-0.05, 0) is 32.9 Å². The zero-order chi connectivity index (χ0) is 14.9. The van der Waals surface area contributed by atoms with Crippen LogP contribution in [0.1, 0.15) is 26.5 Å². The van der Waals surface area contributed by atoms with Crippen molar-refractivity contribution in [2.45, 2.75) is 32.9 Å². The van der Waals surface area contributed by atoms with Crippen molar-refractivity contribution >= 4 is 11.0 Å². The molecule has 0 saturated heterocycles. The van der Waals surface area contributed by atoms with Crippen LogP contribution < -0.4 is 5.32 Å². The fraction of sp³-hybridized carbons (Fsp3) is 0.333. The minimum Gasteiger partial charge on any atom is -0.306 e. The van der Waals surface area contributed by atoms with E-state index in [1.165, 1.54) is 0 Å². The largest absolute Gasteiger partial charge is 0.306 e. The topological polar surface area (TPSA) is 68.5 Å². The quantitative estimate of drug-likeness (QED) is 0.796. The van der Waals surface area contributed by atoms with Crippen LogP contribution in [0.2, 0.25) is 0 Å². The van der Waals surface area contributed by atoms with Gasteiger partial charge in [-0.1, -0.05) is 17.3 Å². The van der Waals surface area contributed by atoms with Gasteiger partial charge < -0.3 is 5.32 Å². The molecule has 3 rings (SSSR count). The zero-order valence-corrected chi connectivity index (χ0v) is 12.4. The third kappa shape index (κ3) is 3.05. The number of nitrogens with zero attached hydrogens (tertiary/aromatic N) is 5. The van der Waals surface area contributed by atoms with Crippen LogP contribution in [0.25, 0.3) is 16.9 Å². The second-order valence-corrected chi connectivity index (χ2v) is 5.96. The Labute approximate surface area is 123 Å². The van der Waals surface area contributed by atoms with Gasteiger partial charge in [-0.25, -0.2) is 4.98 Å². The summed E-state index contributed by atoms with van der Waals surface area (Å²) in [6.07, 6.45) is 3.49. The maximum absolute atomic E-state index is 4.43. The molecule has 0 saturated carbocycles. The molecule has 0 aliphatic rings. The summed E-state index contributed by atoms with van der Waals surface area (Å²) in [5, 5.41) is 11.6. The molecule has 6 heteroatoms. The van der Waals surface area contributed by atoms with Gasteiger partial charge in [-0.15, -0.1) is 5.10 Å². The van der Waals surface area contributed by atoms with E-state index in [1.54, 1.807) is 17.1 Å². The Balaban J connectivity index is 1.84. The Morgan fingerprint density at radius 3 is 2.62 bits per heavy atom. The molecule has 6 nitrogen and oxygen atoms in total. The standard InChI is InChI=1S/C15H18N6/c1-15(2,3)18-9-11-8-17-14(10-16-11)21-13-7-5-4-6-12(13)19-20-21/h4-8,10,18H,9H2,1-3H3. The molecule has 108 valence electrons. The smallest absolute Gasteiger partial charge is 0.174 e. The molecule has 1 aromatic carbocycles. The van der Waals surface area contributed by atoms with Crippen LogP contribution >= 0.6 is 0 Å². The van der Waals surface area contributed by atoms with Crippen LogP contribution in [-0.4, -0.2) is 30.5 Å². The van der Waals surface area contributed by atoms with Crippen LogP contribution in [0.15, 0.2) is 36.7 Å². The number of aromatic nitrogens is 5. The van der Waals surface area contributed by atoms with Crippen molar-refractivity contribution in [2.24, 2.45) is 0 Å². The molecule has 0 spiro atoms. The molecule has 0 radical (unpaired) electrons. The van der Waals surface area contributed by atoms with Crippen molar-refractivity contribution in [1.82, 2.24) is 30.3 Å². The third-order valence-corrected chi connectivity index (χ3v) is 3.06. The molecule has 2 aromatic heterocycles. The summed E-state index contributed by atoms with van der Waals surface area (Å²) in [6.45, 7) is 7.05. The van der Waals surface area contributed by atoms with E-state index in [9.17, 15) is 0 Å². The molecule has 0 aliphatic heterocycles. The van der Waals surface area contributed by atoms with Crippen LogP contribution in [-0.2, 0) is 6.54 Å². The predicted octanol–water partition coefficient (Wildman–Crippen LogP) is 2.10. The lowest BCUT2D eigenvalue weighted by Crippen LogP contribution is -2.35. The summed E-state index contributed by atoms with van der Waals surface area (Å²) in [7, 11) is 0. The second-order valence-electron chi connectivity index (χ2n) is 5.96.